The van der Waals surface area contributed by atoms with E-state index in [1.807, 2.05) is 54.4 Å². The first kappa shape index (κ1) is 39.7. The third-order valence-corrected chi connectivity index (χ3v) is 8.83. The molecule has 0 bridgehead atoms. The number of nitrogens with zero attached hydrogens (tertiary/aromatic N) is 6. The Labute approximate surface area is 304 Å². The van der Waals surface area contributed by atoms with E-state index in [4.69, 9.17) is 23.7 Å². The van der Waals surface area contributed by atoms with Gasteiger partial charge in [0, 0.05) is 24.9 Å². The maximum Gasteiger partial charge on any atom is 0.187 e. The minimum Gasteiger partial charge on any atom is -0.462 e. The quantitative estimate of drug-likeness (QED) is 0.118. The van der Waals surface area contributed by atoms with Gasteiger partial charge < -0.3 is 64.3 Å². The fourth-order valence-corrected chi connectivity index (χ4v) is 5.81. The standard InChI is InChI=1S/C35H42N6O12/c1-19-11-21(22(13-36)14-37)12-25(50-19)8-5-20-3-6-24(7-4-20)40(2)9-10-41-15-23(38-39-41)18-49-34-32(48)30(46)33(27(17-43)52-34)53-35-31(47)29(45)28(44)26(16-42)51-35/h3-8,11-12,15,26-35,42-48H,9-10,16-18H2,1-2H3/b8-5+/t26-,27-,28+,29+,30-,31-,32-,33-,34-,35+/m1/s1. The number of likely N-dealkylation sites (N-methyl/N-ethyl adjacent to an activating group) is 1. The Balaban J connectivity index is 1.10. The average molecular weight is 739 g/mol. The highest BCUT2D eigenvalue weighted by molar-refractivity contribution is 5.59. The molecule has 0 aliphatic carbocycles. The number of anilines is 1. The molecule has 7 N–H and O–H groups in total. The van der Waals surface area contributed by atoms with Crippen molar-refractivity contribution in [2.45, 2.75) is 81.5 Å². The van der Waals surface area contributed by atoms with Crippen LogP contribution in [0, 0.1) is 22.7 Å². The second-order valence-corrected chi connectivity index (χ2v) is 12.6. The molecule has 53 heavy (non-hydrogen) atoms. The summed E-state index contributed by atoms with van der Waals surface area (Å²) in [6, 6.07) is 11.6. The van der Waals surface area contributed by atoms with Crippen LogP contribution in [-0.4, -0.2) is 139 Å². The van der Waals surface area contributed by atoms with E-state index in [9.17, 15) is 46.3 Å². The molecule has 2 aromatic rings. The van der Waals surface area contributed by atoms with Crippen LogP contribution < -0.4 is 4.90 Å². The van der Waals surface area contributed by atoms with Crippen molar-refractivity contribution in [2.75, 3.05) is 31.7 Å². The molecular weight excluding hydrogens is 696 g/mol. The summed E-state index contributed by atoms with van der Waals surface area (Å²) in [5, 5.41) is 97.8. The maximum absolute atomic E-state index is 10.8. The second kappa shape index (κ2) is 18.0. The van der Waals surface area contributed by atoms with Gasteiger partial charge in [-0.1, -0.05) is 23.4 Å². The van der Waals surface area contributed by atoms with Crippen LogP contribution in [0.3, 0.4) is 0 Å². The second-order valence-electron chi connectivity index (χ2n) is 12.6. The van der Waals surface area contributed by atoms with Crippen molar-refractivity contribution in [1.82, 2.24) is 15.0 Å². The Hall–Kier alpha value is -4.54. The fourth-order valence-electron chi connectivity index (χ4n) is 5.81. The normalized spacial score (nSPS) is 30.2. The molecule has 0 unspecified atom stereocenters. The van der Waals surface area contributed by atoms with Crippen molar-refractivity contribution in [3.8, 4) is 12.1 Å². The van der Waals surface area contributed by atoms with Crippen molar-refractivity contribution >= 4 is 11.8 Å². The van der Waals surface area contributed by atoms with Gasteiger partial charge in [-0.25, -0.2) is 0 Å². The molecule has 0 radical (unpaired) electrons. The molecule has 3 aliphatic heterocycles. The Morgan fingerprint density at radius 3 is 2.26 bits per heavy atom. The van der Waals surface area contributed by atoms with Gasteiger partial charge in [0.15, 0.2) is 12.6 Å². The highest BCUT2D eigenvalue weighted by Crippen LogP contribution is 2.30. The number of hydrogen-bond donors (Lipinski definition) is 7. The van der Waals surface area contributed by atoms with Gasteiger partial charge >= 0.3 is 0 Å². The molecule has 0 spiro atoms. The number of aromatic nitrogens is 3. The Kier molecular flexibility index (Phi) is 13.5. The van der Waals surface area contributed by atoms with Crippen LogP contribution in [0.25, 0.3) is 6.08 Å². The van der Waals surface area contributed by atoms with Crippen LogP contribution in [0.15, 0.2) is 71.4 Å². The third kappa shape index (κ3) is 9.53. The van der Waals surface area contributed by atoms with E-state index in [1.165, 1.54) is 0 Å². The zero-order chi connectivity index (χ0) is 38.2. The lowest BCUT2D eigenvalue weighted by atomic mass is 9.97. The van der Waals surface area contributed by atoms with Crippen LogP contribution >= 0.6 is 0 Å². The summed E-state index contributed by atoms with van der Waals surface area (Å²) in [7, 11) is 1.93. The number of nitriles is 2. The lowest BCUT2D eigenvalue weighted by Gasteiger charge is -2.45. The summed E-state index contributed by atoms with van der Waals surface area (Å²) in [6.07, 6.45) is -6.94. The monoisotopic (exact) mass is 738 g/mol. The molecule has 0 saturated carbocycles. The minimum absolute atomic E-state index is 0.00846. The molecule has 10 atom stereocenters. The van der Waals surface area contributed by atoms with Gasteiger partial charge in [0.1, 0.15) is 83.8 Å². The molecule has 18 nitrogen and oxygen atoms in total. The molecule has 18 heteroatoms. The van der Waals surface area contributed by atoms with E-state index >= 15 is 0 Å². The first-order valence-electron chi connectivity index (χ1n) is 16.7. The number of hydrogen-bond acceptors (Lipinski definition) is 17. The van der Waals surface area contributed by atoms with Crippen molar-refractivity contribution < 1.29 is 59.4 Å². The summed E-state index contributed by atoms with van der Waals surface area (Å²) in [6.45, 7) is 1.24. The highest BCUT2D eigenvalue weighted by Gasteiger charge is 2.50. The average Bonchev–Trinajstić information content (AvgIpc) is 3.62. The largest absolute Gasteiger partial charge is 0.462 e. The number of ether oxygens (including phenoxy) is 5. The van der Waals surface area contributed by atoms with Gasteiger partial charge in [-0.15, -0.1) is 5.10 Å². The zero-order valence-electron chi connectivity index (χ0n) is 28.9. The molecule has 1 aromatic heterocycles. The van der Waals surface area contributed by atoms with Crippen LogP contribution in [0.1, 0.15) is 18.2 Å². The maximum atomic E-state index is 10.8. The number of aliphatic hydroxyl groups excluding tert-OH is 7. The molecule has 1 aromatic carbocycles. The van der Waals surface area contributed by atoms with Crippen molar-refractivity contribution in [3.05, 3.63) is 82.6 Å². The number of rotatable bonds is 13. The molecule has 4 heterocycles. The van der Waals surface area contributed by atoms with Crippen LogP contribution in [0.5, 0.6) is 0 Å². The lowest BCUT2D eigenvalue weighted by Crippen LogP contribution is -2.64. The molecule has 5 rings (SSSR count). The minimum atomic E-state index is -1.77. The predicted octanol–water partition coefficient (Wildman–Crippen LogP) is -1.27. The van der Waals surface area contributed by atoms with Crippen LogP contribution in [-0.2, 0) is 36.8 Å². The summed E-state index contributed by atoms with van der Waals surface area (Å²) in [5.41, 5.74) is 2.76. The molecule has 3 aliphatic rings. The third-order valence-electron chi connectivity index (χ3n) is 8.83. The number of benzene rings is 1. The van der Waals surface area contributed by atoms with Gasteiger partial charge in [-0.2, -0.15) is 10.5 Å². The van der Waals surface area contributed by atoms with E-state index in [0.29, 0.717) is 35.9 Å². The summed E-state index contributed by atoms with van der Waals surface area (Å²) in [5.74, 6) is 1.07. The van der Waals surface area contributed by atoms with Gasteiger partial charge in [-0.05, 0) is 42.8 Å². The van der Waals surface area contributed by atoms with E-state index in [0.717, 1.165) is 11.3 Å². The Morgan fingerprint density at radius 1 is 0.906 bits per heavy atom. The van der Waals surface area contributed by atoms with Crippen molar-refractivity contribution in [2.24, 2.45) is 0 Å². The first-order valence-corrected chi connectivity index (χ1v) is 16.7. The van der Waals surface area contributed by atoms with Crippen molar-refractivity contribution in [1.29, 1.82) is 10.5 Å². The summed E-state index contributed by atoms with van der Waals surface area (Å²) >= 11 is 0. The van der Waals surface area contributed by atoms with E-state index < -0.39 is 74.6 Å². The Morgan fingerprint density at radius 2 is 1.58 bits per heavy atom. The van der Waals surface area contributed by atoms with Crippen molar-refractivity contribution in [3.63, 3.8) is 0 Å². The van der Waals surface area contributed by atoms with E-state index in [2.05, 4.69) is 10.3 Å². The molecule has 2 saturated heterocycles. The fraction of sp³-hybridized carbons (Fsp3) is 0.486. The number of aliphatic hydroxyl groups is 7. The lowest BCUT2D eigenvalue weighted by molar-refractivity contribution is -0.360. The van der Waals surface area contributed by atoms with Crippen LogP contribution in [0.4, 0.5) is 5.69 Å². The van der Waals surface area contributed by atoms with E-state index in [-0.39, 0.29) is 12.2 Å². The zero-order valence-corrected chi connectivity index (χ0v) is 28.9. The number of allylic oxidation sites excluding steroid dienone is 6. The van der Waals surface area contributed by atoms with Gasteiger partial charge in [0.2, 0.25) is 0 Å². The Bertz CT molecular complexity index is 1750. The van der Waals surface area contributed by atoms with Gasteiger partial charge in [0.05, 0.1) is 32.6 Å². The highest BCUT2D eigenvalue weighted by atomic mass is 16.7. The SMILES string of the molecule is CC1=CC(=C(C#N)C#N)C=C(/C=C/c2ccc(N(C)CCn3cc(CO[C@@H]4O[C@H](CO)[C@@H](O[C@@H]5O[C@H](CO)[C@H](O)[C@H](O)[C@H]5O)[C@H](O)[C@H]4O)nn3)cc2)O1. The first-order chi connectivity index (χ1) is 25.5. The predicted molar refractivity (Wildman–Crippen MR) is 181 cm³/mol. The van der Waals surface area contributed by atoms with E-state index in [1.54, 1.807) is 36.0 Å². The molecule has 0 amide bonds. The molecule has 2 fully saturated rings. The summed E-state index contributed by atoms with van der Waals surface area (Å²) < 4.78 is 29.5. The molecular formula is C35H42N6O12. The molecule has 284 valence electrons. The van der Waals surface area contributed by atoms with Gasteiger partial charge in [-0.3, -0.25) is 4.68 Å². The van der Waals surface area contributed by atoms with Gasteiger partial charge in [0.25, 0.3) is 0 Å². The summed E-state index contributed by atoms with van der Waals surface area (Å²) in [4.78, 5) is 2.03. The smallest absolute Gasteiger partial charge is 0.187 e. The topological polar surface area (TPSA) is 269 Å². The van der Waals surface area contributed by atoms with Crippen LogP contribution in [0.2, 0.25) is 0 Å².